The van der Waals surface area contributed by atoms with E-state index in [4.69, 9.17) is 5.73 Å². The van der Waals surface area contributed by atoms with Crippen molar-refractivity contribution in [1.29, 1.82) is 0 Å². The summed E-state index contributed by atoms with van der Waals surface area (Å²) in [5.41, 5.74) is 5.47. The Morgan fingerprint density at radius 3 is 2.24 bits per heavy atom. The molecular weight excluding hydrogens is 334 g/mol. The van der Waals surface area contributed by atoms with E-state index in [-0.39, 0.29) is 5.91 Å². The summed E-state index contributed by atoms with van der Waals surface area (Å²) in [6, 6.07) is 0. The van der Waals surface area contributed by atoms with Crippen LogP contribution in [-0.4, -0.2) is 52.5 Å². The summed E-state index contributed by atoms with van der Waals surface area (Å²) >= 11 is 3.33. The molecule has 1 aliphatic rings. The number of nitrogens with zero attached hydrogens (tertiary/aromatic N) is 4. The summed E-state index contributed by atoms with van der Waals surface area (Å²) in [5, 5.41) is 0. The van der Waals surface area contributed by atoms with E-state index >= 15 is 0 Å². The van der Waals surface area contributed by atoms with Crippen LogP contribution in [0, 0.1) is 0 Å². The molecule has 0 aromatic carbocycles. The van der Waals surface area contributed by atoms with E-state index in [1.165, 1.54) is 0 Å². The second-order valence-electron chi connectivity index (χ2n) is 5.34. The van der Waals surface area contributed by atoms with Crippen molar-refractivity contribution in [1.82, 2.24) is 14.9 Å². The van der Waals surface area contributed by atoms with Gasteiger partial charge in [0, 0.05) is 38.6 Å². The number of hydrogen-bond donors (Lipinski definition) is 1. The Kier molecular flexibility index (Phi) is 5.16. The number of hydrogen-bond acceptors (Lipinski definition) is 5. The highest BCUT2D eigenvalue weighted by atomic mass is 79.9. The second-order valence-corrected chi connectivity index (χ2v) is 6.26. The smallest absolute Gasteiger partial charge is 0.242 e. The minimum absolute atomic E-state index is 0.0591. The maximum absolute atomic E-state index is 12.5. The highest BCUT2D eigenvalue weighted by Crippen LogP contribution is 2.18. The topological polar surface area (TPSA) is 75.4 Å². The normalized spacial score (nSPS) is 16.2. The monoisotopic (exact) mass is 355 g/mol. The van der Waals surface area contributed by atoms with Gasteiger partial charge >= 0.3 is 0 Å². The van der Waals surface area contributed by atoms with Crippen molar-refractivity contribution in [2.24, 2.45) is 5.73 Å². The molecule has 0 unspecified atom stereocenters. The van der Waals surface area contributed by atoms with E-state index < -0.39 is 5.54 Å². The molecule has 1 aromatic rings. The Labute approximate surface area is 133 Å². The average molecular weight is 356 g/mol. The van der Waals surface area contributed by atoms with Crippen molar-refractivity contribution in [2.45, 2.75) is 32.2 Å². The summed E-state index contributed by atoms with van der Waals surface area (Å²) in [6.45, 7) is 6.73. The molecule has 0 atom stereocenters. The second kappa shape index (κ2) is 6.70. The lowest BCUT2D eigenvalue weighted by molar-refractivity contribution is -0.137. The number of carbonyl (C=O) groups excluding carboxylic acids is 1. The Morgan fingerprint density at radius 1 is 1.24 bits per heavy atom. The fraction of sp³-hybridized carbons (Fsp3) is 0.643. The molecule has 2 rings (SSSR count). The quantitative estimate of drug-likeness (QED) is 0.883. The standard InChI is InChI=1S/C14H22BrN5O/c1-3-14(16,4-2)12(21)19-5-7-20(8-6-19)13-17-9-11(15)10-18-13/h9-10H,3-8,16H2,1-2H3. The van der Waals surface area contributed by atoms with Crippen LogP contribution in [0.3, 0.4) is 0 Å². The van der Waals surface area contributed by atoms with E-state index in [9.17, 15) is 4.79 Å². The Hall–Kier alpha value is -1.21. The molecule has 0 bridgehead atoms. The summed E-state index contributed by atoms with van der Waals surface area (Å²) in [7, 11) is 0. The van der Waals surface area contributed by atoms with Crippen LogP contribution in [0.1, 0.15) is 26.7 Å². The number of nitrogens with two attached hydrogens (primary N) is 1. The third-order valence-electron chi connectivity index (χ3n) is 4.14. The molecule has 0 radical (unpaired) electrons. The molecule has 7 heteroatoms. The van der Waals surface area contributed by atoms with E-state index in [0.29, 0.717) is 31.9 Å². The van der Waals surface area contributed by atoms with Crippen molar-refractivity contribution < 1.29 is 4.79 Å². The lowest BCUT2D eigenvalue weighted by atomic mass is 9.92. The number of aromatic nitrogens is 2. The van der Waals surface area contributed by atoms with Crippen LogP contribution in [0.15, 0.2) is 16.9 Å². The van der Waals surface area contributed by atoms with Crippen LogP contribution < -0.4 is 10.6 Å². The van der Waals surface area contributed by atoms with Gasteiger partial charge in [-0.3, -0.25) is 4.79 Å². The van der Waals surface area contributed by atoms with Gasteiger partial charge in [-0.05, 0) is 28.8 Å². The van der Waals surface area contributed by atoms with Gasteiger partial charge in [0.15, 0.2) is 0 Å². The van der Waals surface area contributed by atoms with Crippen LogP contribution in [0.25, 0.3) is 0 Å². The third-order valence-corrected chi connectivity index (χ3v) is 4.55. The molecule has 6 nitrogen and oxygen atoms in total. The van der Waals surface area contributed by atoms with Crippen LogP contribution in [0.2, 0.25) is 0 Å². The van der Waals surface area contributed by atoms with Gasteiger partial charge in [-0.15, -0.1) is 0 Å². The van der Waals surface area contributed by atoms with E-state index in [2.05, 4.69) is 30.8 Å². The zero-order chi connectivity index (χ0) is 15.5. The number of rotatable bonds is 4. The van der Waals surface area contributed by atoms with E-state index in [1.807, 2.05) is 18.7 Å². The number of amides is 1. The zero-order valence-electron chi connectivity index (χ0n) is 12.5. The number of anilines is 1. The van der Waals surface area contributed by atoms with Gasteiger partial charge in [-0.1, -0.05) is 13.8 Å². The third kappa shape index (κ3) is 3.52. The molecule has 1 amide bonds. The van der Waals surface area contributed by atoms with E-state index in [1.54, 1.807) is 12.4 Å². The summed E-state index contributed by atoms with van der Waals surface area (Å²) in [4.78, 5) is 25.1. The Balaban J connectivity index is 1.97. The van der Waals surface area contributed by atoms with Gasteiger partial charge in [0.1, 0.15) is 0 Å². The summed E-state index contributed by atoms with van der Waals surface area (Å²) < 4.78 is 0.860. The van der Waals surface area contributed by atoms with Crippen LogP contribution in [-0.2, 0) is 4.79 Å². The molecule has 1 saturated heterocycles. The van der Waals surface area contributed by atoms with Gasteiger partial charge in [0.05, 0.1) is 10.0 Å². The highest BCUT2D eigenvalue weighted by Gasteiger charge is 2.35. The predicted octanol–water partition coefficient (Wildman–Crippen LogP) is 1.41. The molecule has 1 aromatic heterocycles. The Bertz CT molecular complexity index is 481. The van der Waals surface area contributed by atoms with Crippen molar-refractivity contribution in [3.63, 3.8) is 0 Å². The van der Waals surface area contributed by atoms with Gasteiger partial charge in [-0.25, -0.2) is 9.97 Å². The molecular formula is C14H22BrN5O. The van der Waals surface area contributed by atoms with Gasteiger partial charge < -0.3 is 15.5 Å². The van der Waals surface area contributed by atoms with Gasteiger partial charge in [0.25, 0.3) is 0 Å². The fourth-order valence-electron chi connectivity index (χ4n) is 2.45. The van der Waals surface area contributed by atoms with Crippen LogP contribution >= 0.6 is 15.9 Å². The molecule has 1 fully saturated rings. The zero-order valence-corrected chi connectivity index (χ0v) is 14.1. The number of carbonyl (C=O) groups is 1. The van der Waals surface area contributed by atoms with Crippen LogP contribution in [0.5, 0.6) is 0 Å². The van der Waals surface area contributed by atoms with Gasteiger partial charge in [0.2, 0.25) is 11.9 Å². The average Bonchev–Trinajstić information content (AvgIpc) is 2.54. The number of halogens is 1. The minimum Gasteiger partial charge on any atom is -0.338 e. The fourth-order valence-corrected chi connectivity index (χ4v) is 2.65. The first-order valence-corrected chi connectivity index (χ1v) is 8.10. The SMILES string of the molecule is CCC(N)(CC)C(=O)N1CCN(c2ncc(Br)cn2)CC1. The summed E-state index contributed by atoms with van der Waals surface area (Å²) in [6.07, 6.45) is 4.80. The van der Waals surface area contributed by atoms with Crippen LogP contribution in [0.4, 0.5) is 5.95 Å². The maximum Gasteiger partial charge on any atom is 0.242 e. The van der Waals surface area contributed by atoms with Crippen molar-refractivity contribution in [3.8, 4) is 0 Å². The van der Waals surface area contributed by atoms with Crippen molar-refractivity contribution in [2.75, 3.05) is 31.1 Å². The molecule has 0 saturated carbocycles. The summed E-state index contributed by atoms with van der Waals surface area (Å²) in [5.74, 6) is 0.763. The van der Waals surface area contributed by atoms with Gasteiger partial charge in [-0.2, -0.15) is 0 Å². The molecule has 1 aliphatic heterocycles. The molecule has 21 heavy (non-hydrogen) atoms. The molecule has 2 heterocycles. The first-order valence-electron chi connectivity index (χ1n) is 7.31. The molecule has 0 spiro atoms. The lowest BCUT2D eigenvalue weighted by Crippen LogP contribution is -2.59. The molecule has 116 valence electrons. The Morgan fingerprint density at radius 2 is 1.76 bits per heavy atom. The molecule has 0 aliphatic carbocycles. The number of piperazine rings is 1. The first-order chi connectivity index (χ1) is 10.00. The van der Waals surface area contributed by atoms with E-state index in [0.717, 1.165) is 17.6 Å². The predicted molar refractivity (Wildman–Crippen MR) is 86.0 cm³/mol. The largest absolute Gasteiger partial charge is 0.338 e. The van der Waals surface area contributed by atoms with Crippen molar-refractivity contribution in [3.05, 3.63) is 16.9 Å². The van der Waals surface area contributed by atoms with Crippen molar-refractivity contribution >= 4 is 27.8 Å². The maximum atomic E-state index is 12.5. The molecule has 2 N–H and O–H groups in total. The minimum atomic E-state index is -0.726. The first kappa shape index (κ1) is 16.2. The highest BCUT2D eigenvalue weighted by molar-refractivity contribution is 9.10. The lowest BCUT2D eigenvalue weighted by Gasteiger charge is -2.39.